The molecule has 0 aliphatic carbocycles. The summed E-state index contributed by atoms with van der Waals surface area (Å²) < 4.78 is 13.3. The predicted molar refractivity (Wildman–Crippen MR) is 184 cm³/mol. The molecule has 9 nitrogen and oxygen atoms in total. The van der Waals surface area contributed by atoms with E-state index in [9.17, 15) is 19.5 Å². The number of fused-ring (bicyclic) bond motifs is 1. The number of likely N-dealkylation sites (tertiary alicyclic amines) is 1. The van der Waals surface area contributed by atoms with Gasteiger partial charge in [0.1, 0.15) is 22.9 Å². The lowest BCUT2D eigenvalue weighted by Crippen LogP contribution is -2.69. The van der Waals surface area contributed by atoms with Gasteiger partial charge in [0.2, 0.25) is 0 Å². The highest BCUT2D eigenvalue weighted by Gasteiger charge is 2.53. The van der Waals surface area contributed by atoms with Crippen molar-refractivity contribution >= 4 is 60.9 Å². The summed E-state index contributed by atoms with van der Waals surface area (Å²) in [6.07, 6.45) is -0.801. The van der Waals surface area contributed by atoms with Crippen LogP contribution in [0.25, 0.3) is 10.2 Å². The Hall–Kier alpha value is -4.78. The maximum atomic E-state index is 13.9. The van der Waals surface area contributed by atoms with E-state index in [0.717, 1.165) is 25.7 Å². The van der Waals surface area contributed by atoms with E-state index >= 15 is 0 Å². The van der Waals surface area contributed by atoms with Gasteiger partial charge in [-0.1, -0.05) is 102 Å². The number of para-hydroxylation sites is 2. The molecule has 1 fully saturated rings. The van der Waals surface area contributed by atoms with Gasteiger partial charge >= 0.3 is 5.97 Å². The molecule has 1 aromatic heterocycles. The zero-order valence-electron chi connectivity index (χ0n) is 25.0. The number of aliphatic hydroxyl groups is 1. The maximum Gasteiger partial charge on any atom is 0.359 e. The number of amides is 2. The Bertz CT molecular complexity index is 1830. The van der Waals surface area contributed by atoms with Gasteiger partial charge in [-0.3, -0.25) is 14.5 Å². The lowest BCUT2D eigenvalue weighted by Gasteiger charge is -2.46. The quantitative estimate of drug-likeness (QED) is 0.0477. The number of ether oxygens (including phenoxy) is 2. The molecule has 1 aliphatic heterocycles. The molecule has 0 unspecified atom stereocenters. The summed E-state index contributed by atoms with van der Waals surface area (Å²) in [5.74, 6) is -1.85. The van der Waals surface area contributed by atoms with E-state index in [-0.39, 0.29) is 12.3 Å². The van der Waals surface area contributed by atoms with Crippen LogP contribution in [0.15, 0.2) is 131 Å². The Morgan fingerprint density at radius 3 is 2.13 bits per heavy atom. The Labute approximate surface area is 283 Å². The van der Waals surface area contributed by atoms with Gasteiger partial charge in [0.15, 0.2) is 22.7 Å². The van der Waals surface area contributed by atoms with Crippen LogP contribution in [0.4, 0.5) is 0 Å². The molecular formula is C35H29N3O6S3. The molecule has 5 aromatic rings. The lowest BCUT2D eigenvalue weighted by atomic mass is 10.0. The number of hydrogen-bond donors (Lipinski definition) is 2. The first kappa shape index (κ1) is 32.2. The number of aromatic nitrogens is 1. The number of β-lactam (4-membered cyclic amide) rings is 1. The number of nitrogens with zero attached hydrogens (tertiary/aromatic N) is 2. The first-order chi connectivity index (χ1) is 22.9. The number of aliphatic hydroxyl groups excluding tert-OH is 1. The molecular weight excluding hydrogens is 655 g/mol. The summed E-state index contributed by atoms with van der Waals surface area (Å²) in [6.45, 7) is 1.02. The number of carbonyl (C=O) groups excluding carboxylic acids is 3. The van der Waals surface area contributed by atoms with Gasteiger partial charge < -0.3 is 19.9 Å². The topological polar surface area (TPSA) is 118 Å². The van der Waals surface area contributed by atoms with Crippen LogP contribution >= 0.6 is 32.9 Å². The van der Waals surface area contributed by atoms with Crippen LogP contribution in [0.2, 0.25) is 0 Å². The van der Waals surface area contributed by atoms with Crippen molar-refractivity contribution in [1.82, 2.24) is 15.2 Å². The maximum absolute atomic E-state index is 13.9. The number of thiazole rings is 1. The summed E-state index contributed by atoms with van der Waals surface area (Å²) in [6, 6.07) is 34.0. The highest BCUT2D eigenvalue weighted by molar-refractivity contribution is 8.77. The fraction of sp³-hybridized carbons (Fsp3) is 0.143. The standard InChI is InChI=1S/C35H29N3O6S3/c1-22(39)30(34(42)44-31(23-13-5-2-6-14-23)24-15-7-3-8-16-24)38-32(41)29(37-28(40)21-43-25-17-9-4-10-18-25)33(38)46-47-35-36-26-19-11-12-20-27(26)45-35/h2-20,29,31,33,39H,21H2,1H3,(H,37,40)/b30-22+/t29-,33-/m1/s1. The third kappa shape index (κ3) is 7.46. The Balaban J connectivity index is 1.24. The largest absolute Gasteiger partial charge is 0.510 e. The van der Waals surface area contributed by atoms with Crippen LogP contribution in [0.5, 0.6) is 5.75 Å². The van der Waals surface area contributed by atoms with Crippen LogP contribution in [0.1, 0.15) is 24.2 Å². The number of allylic oxidation sites excluding steroid dienone is 1. The third-order valence-corrected chi connectivity index (χ3v) is 11.2. The van der Waals surface area contributed by atoms with Crippen LogP contribution in [0, 0.1) is 0 Å². The highest BCUT2D eigenvalue weighted by Crippen LogP contribution is 2.46. The van der Waals surface area contributed by atoms with Crippen molar-refractivity contribution in [3.8, 4) is 5.75 Å². The minimum Gasteiger partial charge on any atom is -0.510 e. The summed E-state index contributed by atoms with van der Waals surface area (Å²) in [4.78, 5) is 46.3. The van der Waals surface area contributed by atoms with E-state index in [1.807, 2.05) is 91.0 Å². The van der Waals surface area contributed by atoms with E-state index < -0.39 is 41.1 Å². The molecule has 2 N–H and O–H groups in total. The van der Waals surface area contributed by atoms with Gasteiger partial charge in [0.05, 0.1) is 10.2 Å². The predicted octanol–water partition coefficient (Wildman–Crippen LogP) is 6.89. The average Bonchev–Trinajstić information content (AvgIpc) is 3.52. The fourth-order valence-electron chi connectivity index (χ4n) is 4.96. The number of benzene rings is 4. The van der Waals surface area contributed by atoms with Crippen molar-refractivity contribution < 1.29 is 29.0 Å². The van der Waals surface area contributed by atoms with Crippen LogP contribution in [-0.2, 0) is 19.1 Å². The Kier molecular flexibility index (Phi) is 10.1. The van der Waals surface area contributed by atoms with Crippen LogP contribution in [0.3, 0.4) is 0 Å². The molecule has 4 aromatic carbocycles. The van der Waals surface area contributed by atoms with E-state index in [4.69, 9.17) is 9.47 Å². The van der Waals surface area contributed by atoms with Crippen LogP contribution < -0.4 is 10.1 Å². The van der Waals surface area contributed by atoms with E-state index in [0.29, 0.717) is 5.75 Å². The Morgan fingerprint density at radius 1 is 0.915 bits per heavy atom. The van der Waals surface area contributed by atoms with Gasteiger partial charge in [0, 0.05) is 0 Å². The van der Waals surface area contributed by atoms with Crippen molar-refractivity contribution in [2.45, 2.75) is 28.8 Å². The van der Waals surface area contributed by atoms with E-state index in [2.05, 4.69) is 10.3 Å². The summed E-state index contributed by atoms with van der Waals surface area (Å²) >= 11 is 1.49. The Morgan fingerprint density at radius 2 is 1.51 bits per heavy atom. The second-order valence-electron chi connectivity index (χ2n) is 10.4. The second kappa shape index (κ2) is 14.8. The van der Waals surface area contributed by atoms with Crippen molar-refractivity contribution in [1.29, 1.82) is 0 Å². The van der Waals surface area contributed by atoms with E-state index in [1.165, 1.54) is 44.7 Å². The molecule has 0 spiro atoms. The van der Waals surface area contributed by atoms with Gasteiger partial charge in [0.25, 0.3) is 11.8 Å². The van der Waals surface area contributed by atoms with Gasteiger partial charge in [-0.25, -0.2) is 9.78 Å². The summed E-state index contributed by atoms with van der Waals surface area (Å²) in [5.41, 5.74) is 1.98. The smallest absolute Gasteiger partial charge is 0.359 e. The number of nitrogens with one attached hydrogen (secondary N) is 1. The average molecular weight is 684 g/mol. The highest BCUT2D eigenvalue weighted by atomic mass is 33.1. The molecule has 6 rings (SSSR count). The second-order valence-corrected chi connectivity index (χ2v) is 14.0. The molecule has 47 heavy (non-hydrogen) atoms. The minimum atomic E-state index is -1.00. The first-order valence-electron chi connectivity index (χ1n) is 14.6. The van der Waals surface area contributed by atoms with Gasteiger partial charge in [-0.05, 0) is 53.1 Å². The minimum absolute atomic E-state index is 0.305. The van der Waals surface area contributed by atoms with Gasteiger partial charge in [-0.15, -0.1) is 11.3 Å². The molecule has 2 atom stereocenters. The fourth-order valence-corrected chi connectivity index (χ4v) is 8.87. The van der Waals surface area contributed by atoms with Crippen molar-refractivity contribution in [3.63, 3.8) is 0 Å². The molecule has 1 aliphatic rings. The van der Waals surface area contributed by atoms with Crippen molar-refractivity contribution in [2.24, 2.45) is 0 Å². The number of hydrogen-bond acceptors (Lipinski definition) is 10. The van der Waals surface area contributed by atoms with Crippen molar-refractivity contribution in [3.05, 3.63) is 138 Å². The molecule has 0 bridgehead atoms. The molecule has 1 saturated heterocycles. The molecule has 238 valence electrons. The number of rotatable bonds is 12. The first-order valence-corrected chi connectivity index (χ1v) is 17.6. The zero-order chi connectivity index (χ0) is 32.8. The van der Waals surface area contributed by atoms with Gasteiger partial charge in [-0.2, -0.15) is 0 Å². The zero-order valence-corrected chi connectivity index (χ0v) is 27.5. The number of carbonyl (C=O) groups is 3. The van der Waals surface area contributed by atoms with Crippen molar-refractivity contribution in [2.75, 3.05) is 6.61 Å². The molecule has 0 saturated carbocycles. The third-order valence-electron chi connectivity index (χ3n) is 7.17. The SMILES string of the molecule is C/C(O)=C(/C(=O)OC(c1ccccc1)c1ccccc1)N1C(=O)[C@@H](NC(=O)COc2ccccc2)[C@H]1SSc1nc2ccccc2s1. The number of esters is 1. The molecule has 2 amide bonds. The summed E-state index contributed by atoms with van der Waals surface area (Å²) in [5, 5.41) is 12.8. The lowest BCUT2D eigenvalue weighted by molar-refractivity contribution is -0.155. The van der Waals surface area contributed by atoms with E-state index in [1.54, 1.807) is 24.3 Å². The summed E-state index contributed by atoms with van der Waals surface area (Å²) in [7, 11) is 2.56. The normalized spacial score (nSPS) is 16.4. The molecule has 2 heterocycles. The van der Waals surface area contributed by atoms with Crippen LogP contribution in [-0.4, -0.2) is 50.8 Å². The molecule has 12 heteroatoms. The molecule has 0 radical (unpaired) electrons. The monoisotopic (exact) mass is 683 g/mol.